The molecule has 2 fully saturated rings. The minimum absolute atomic E-state index is 0.0763. The van der Waals surface area contributed by atoms with Crippen LogP contribution in [0.5, 0.6) is 0 Å². The molecule has 1 unspecified atom stereocenters. The third-order valence-corrected chi connectivity index (χ3v) is 4.30. The minimum atomic E-state index is -1.08. The highest BCUT2D eigenvalue weighted by atomic mass is 16.7. The third-order valence-electron chi connectivity index (χ3n) is 4.30. The van der Waals surface area contributed by atoms with Crippen LogP contribution in [-0.4, -0.2) is 30.2 Å². The molecule has 5 atom stereocenters. The Labute approximate surface area is 89.4 Å². The molecule has 0 aromatic carbocycles. The summed E-state index contributed by atoms with van der Waals surface area (Å²) >= 11 is 0. The topological polar surface area (TPSA) is 38.7 Å². The van der Waals surface area contributed by atoms with E-state index < -0.39 is 11.4 Å². The maximum absolute atomic E-state index is 10.7. The zero-order valence-electron chi connectivity index (χ0n) is 8.85. The SMILES string of the molecule is C=C[C@]1(O)[C@@H]2C=C[C@H]3C(CO[C@@]31OC)C2. The molecule has 0 spiro atoms. The van der Waals surface area contributed by atoms with Crippen molar-refractivity contribution < 1.29 is 14.6 Å². The van der Waals surface area contributed by atoms with Gasteiger partial charge in [0.1, 0.15) is 5.60 Å². The molecule has 1 heterocycles. The molecule has 3 heteroatoms. The van der Waals surface area contributed by atoms with Crippen LogP contribution in [0.15, 0.2) is 24.8 Å². The minimum Gasteiger partial charge on any atom is -0.379 e. The first-order valence-corrected chi connectivity index (χ1v) is 5.41. The van der Waals surface area contributed by atoms with Crippen LogP contribution in [0.2, 0.25) is 0 Å². The highest BCUT2D eigenvalue weighted by Crippen LogP contribution is 2.59. The van der Waals surface area contributed by atoms with E-state index in [1.807, 2.05) is 0 Å². The molecule has 3 aliphatic carbocycles. The van der Waals surface area contributed by atoms with Crippen molar-refractivity contribution in [3.8, 4) is 0 Å². The van der Waals surface area contributed by atoms with Crippen LogP contribution in [0.3, 0.4) is 0 Å². The van der Waals surface area contributed by atoms with Crippen LogP contribution in [-0.2, 0) is 9.47 Å². The molecule has 1 aliphatic heterocycles. The second-order valence-corrected chi connectivity index (χ2v) is 4.73. The lowest BCUT2D eigenvalue weighted by Gasteiger charge is -2.53. The number of rotatable bonds is 2. The molecule has 0 radical (unpaired) electrons. The Balaban J connectivity index is 2.18. The van der Waals surface area contributed by atoms with Gasteiger partial charge in [0.25, 0.3) is 0 Å². The predicted molar refractivity (Wildman–Crippen MR) is 55.1 cm³/mol. The summed E-state index contributed by atoms with van der Waals surface area (Å²) in [6, 6.07) is 0. The van der Waals surface area contributed by atoms with Gasteiger partial charge in [-0.15, -0.1) is 6.58 Å². The van der Waals surface area contributed by atoms with Crippen molar-refractivity contribution in [1.82, 2.24) is 0 Å². The fourth-order valence-electron chi connectivity index (χ4n) is 3.52. The zero-order chi connectivity index (χ0) is 10.7. The van der Waals surface area contributed by atoms with Crippen LogP contribution >= 0.6 is 0 Å². The highest BCUT2D eigenvalue weighted by Gasteiger charge is 2.68. The van der Waals surface area contributed by atoms with E-state index in [0.29, 0.717) is 12.5 Å². The van der Waals surface area contributed by atoms with Crippen LogP contribution in [0.4, 0.5) is 0 Å². The normalized spacial score (nSPS) is 56.0. The Kier molecular flexibility index (Phi) is 1.74. The number of methoxy groups -OCH3 is 1. The van der Waals surface area contributed by atoms with E-state index in [2.05, 4.69) is 18.7 Å². The summed E-state index contributed by atoms with van der Waals surface area (Å²) in [6.07, 6.45) is 6.76. The van der Waals surface area contributed by atoms with Crippen LogP contribution < -0.4 is 0 Å². The van der Waals surface area contributed by atoms with Gasteiger partial charge in [-0.05, 0) is 12.3 Å². The Hall–Kier alpha value is -0.640. The molecule has 4 aliphatic rings. The van der Waals surface area contributed by atoms with Crippen molar-refractivity contribution in [2.24, 2.45) is 17.8 Å². The van der Waals surface area contributed by atoms with Crippen molar-refractivity contribution in [2.75, 3.05) is 13.7 Å². The van der Waals surface area contributed by atoms with Crippen molar-refractivity contribution in [3.05, 3.63) is 24.8 Å². The molecule has 1 N–H and O–H groups in total. The molecular formula is C12H16O3. The maximum atomic E-state index is 10.7. The standard InChI is InChI=1S/C12H16O3/c1-3-11(13)9-4-5-10-8(6-9)7-15-12(10,11)14-2/h3-5,8-10,13H,1,6-7H2,2H3/t8?,9-,10+,11+,12+/m1/s1. The van der Waals surface area contributed by atoms with Crippen molar-refractivity contribution in [3.63, 3.8) is 0 Å². The van der Waals surface area contributed by atoms with Crippen LogP contribution in [0.25, 0.3) is 0 Å². The lowest BCUT2D eigenvalue weighted by molar-refractivity contribution is -0.307. The smallest absolute Gasteiger partial charge is 0.208 e. The molecule has 1 saturated carbocycles. The summed E-state index contributed by atoms with van der Waals surface area (Å²) in [5.74, 6) is -0.167. The van der Waals surface area contributed by atoms with Gasteiger partial charge in [-0.3, -0.25) is 0 Å². The average molecular weight is 208 g/mol. The van der Waals surface area contributed by atoms with Gasteiger partial charge < -0.3 is 14.6 Å². The van der Waals surface area contributed by atoms with E-state index in [1.54, 1.807) is 13.2 Å². The fraction of sp³-hybridized carbons (Fsp3) is 0.667. The molecule has 15 heavy (non-hydrogen) atoms. The third kappa shape index (κ3) is 0.838. The van der Waals surface area contributed by atoms with Crippen molar-refractivity contribution >= 4 is 0 Å². The second kappa shape index (κ2) is 2.73. The zero-order valence-corrected chi connectivity index (χ0v) is 8.85. The predicted octanol–water partition coefficient (Wildman–Crippen LogP) is 1.10. The first-order chi connectivity index (χ1) is 7.18. The number of aliphatic hydroxyl groups is 1. The van der Waals surface area contributed by atoms with E-state index >= 15 is 0 Å². The molecule has 3 nitrogen and oxygen atoms in total. The molecule has 0 amide bonds. The summed E-state index contributed by atoms with van der Waals surface area (Å²) in [6.45, 7) is 4.42. The van der Waals surface area contributed by atoms with Gasteiger partial charge in [-0.2, -0.15) is 0 Å². The summed E-state index contributed by atoms with van der Waals surface area (Å²) < 4.78 is 11.3. The van der Waals surface area contributed by atoms with Crippen LogP contribution in [0, 0.1) is 17.8 Å². The summed E-state index contributed by atoms with van der Waals surface area (Å²) in [4.78, 5) is 0. The van der Waals surface area contributed by atoms with E-state index in [4.69, 9.17) is 9.47 Å². The Morgan fingerprint density at radius 2 is 2.40 bits per heavy atom. The van der Waals surface area contributed by atoms with Gasteiger partial charge in [0, 0.05) is 18.9 Å². The number of ether oxygens (including phenoxy) is 2. The Morgan fingerprint density at radius 3 is 3.07 bits per heavy atom. The van der Waals surface area contributed by atoms with E-state index in [9.17, 15) is 5.11 Å². The summed E-state index contributed by atoms with van der Waals surface area (Å²) in [5.41, 5.74) is -1.08. The van der Waals surface area contributed by atoms with E-state index in [1.165, 1.54) is 0 Å². The molecule has 0 aromatic rings. The van der Waals surface area contributed by atoms with Gasteiger partial charge in [0.2, 0.25) is 5.79 Å². The van der Waals surface area contributed by atoms with Gasteiger partial charge in [-0.1, -0.05) is 18.2 Å². The highest BCUT2D eigenvalue weighted by molar-refractivity contribution is 5.29. The van der Waals surface area contributed by atoms with E-state index in [-0.39, 0.29) is 11.8 Å². The number of hydrogen-bond acceptors (Lipinski definition) is 3. The largest absolute Gasteiger partial charge is 0.379 e. The molecule has 4 bridgehead atoms. The van der Waals surface area contributed by atoms with E-state index in [0.717, 1.165) is 6.42 Å². The first-order valence-electron chi connectivity index (χ1n) is 5.41. The lowest BCUT2D eigenvalue weighted by atomic mass is 9.59. The Morgan fingerprint density at radius 1 is 1.60 bits per heavy atom. The van der Waals surface area contributed by atoms with Crippen molar-refractivity contribution in [1.29, 1.82) is 0 Å². The molecule has 1 saturated heterocycles. The molecule has 4 rings (SSSR count). The summed E-state index contributed by atoms with van der Waals surface area (Å²) in [7, 11) is 1.60. The Bertz CT molecular complexity index is 338. The number of hydrogen-bond donors (Lipinski definition) is 1. The monoisotopic (exact) mass is 208 g/mol. The average Bonchev–Trinajstić information content (AvgIpc) is 2.63. The fourth-order valence-corrected chi connectivity index (χ4v) is 3.52. The van der Waals surface area contributed by atoms with Gasteiger partial charge in [0.05, 0.1) is 6.61 Å². The maximum Gasteiger partial charge on any atom is 0.208 e. The van der Waals surface area contributed by atoms with Crippen LogP contribution in [0.1, 0.15) is 6.42 Å². The van der Waals surface area contributed by atoms with Gasteiger partial charge in [-0.25, -0.2) is 0 Å². The lowest BCUT2D eigenvalue weighted by Crippen LogP contribution is -2.65. The summed E-state index contributed by atoms with van der Waals surface area (Å²) in [5, 5.41) is 10.7. The van der Waals surface area contributed by atoms with Gasteiger partial charge >= 0.3 is 0 Å². The molecule has 0 aromatic heterocycles. The van der Waals surface area contributed by atoms with Gasteiger partial charge in [0.15, 0.2) is 0 Å². The first kappa shape index (κ1) is 9.58. The molecular weight excluding hydrogens is 192 g/mol. The van der Waals surface area contributed by atoms with Crippen molar-refractivity contribution in [2.45, 2.75) is 17.8 Å². The molecule has 82 valence electrons. The second-order valence-electron chi connectivity index (χ2n) is 4.73. The quantitative estimate of drug-likeness (QED) is 0.691.